The summed E-state index contributed by atoms with van der Waals surface area (Å²) >= 11 is 0. The molecular formula is C25H33ClN3-. The normalized spacial score (nSPS) is 18.1. The largest absolute Gasteiger partial charge is 1.00 e. The number of benzene rings is 2. The molecule has 2 aromatic carbocycles. The topological polar surface area (TPSA) is 9.72 Å². The van der Waals surface area contributed by atoms with E-state index < -0.39 is 0 Å². The van der Waals surface area contributed by atoms with Crippen molar-refractivity contribution < 1.29 is 12.4 Å². The Morgan fingerprint density at radius 3 is 1.28 bits per heavy atom. The van der Waals surface area contributed by atoms with Crippen LogP contribution in [0.25, 0.3) is 0 Å². The van der Waals surface area contributed by atoms with E-state index in [9.17, 15) is 0 Å². The highest BCUT2D eigenvalue weighted by Crippen LogP contribution is 2.37. The molecule has 0 saturated carbocycles. The molecule has 0 aliphatic heterocycles. The summed E-state index contributed by atoms with van der Waals surface area (Å²) in [5, 5.41) is 0. The molecule has 0 bridgehead atoms. The molecular weight excluding hydrogens is 378 g/mol. The first-order chi connectivity index (χ1) is 13.4. The second-order valence-corrected chi connectivity index (χ2v) is 8.25. The van der Waals surface area contributed by atoms with Crippen LogP contribution in [0.15, 0.2) is 72.8 Å². The molecule has 1 aliphatic rings. The number of rotatable bonds is 6. The van der Waals surface area contributed by atoms with Crippen LogP contribution in [-0.4, -0.2) is 53.2 Å². The number of anilines is 2. The average Bonchev–Trinajstić information content (AvgIpc) is 2.69. The van der Waals surface area contributed by atoms with Crippen molar-refractivity contribution >= 4 is 11.4 Å². The Hall–Kier alpha value is -2.23. The summed E-state index contributed by atoms with van der Waals surface area (Å²) < 4.78 is 0. The highest BCUT2D eigenvalue weighted by Gasteiger charge is 2.24. The van der Waals surface area contributed by atoms with Gasteiger partial charge in [0.1, 0.15) is 0 Å². The van der Waals surface area contributed by atoms with Crippen LogP contribution in [0.3, 0.4) is 0 Å². The molecule has 3 rings (SSSR count). The van der Waals surface area contributed by atoms with E-state index in [2.05, 4.69) is 130 Å². The molecule has 0 spiro atoms. The fourth-order valence-electron chi connectivity index (χ4n) is 3.78. The van der Waals surface area contributed by atoms with Crippen LogP contribution >= 0.6 is 0 Å². The lowest BCUT2D eigenvalue weighted by Gasteiger charge is -2.29. The van der Waals surface area contributed by atoms with Gasteiger partial charge in [-0.1, -0.05) is 48.6 Å². The Kier molecular flexibility index (Phi) is 7.95. The summed E-state index contributed by atoms with van der Waals surface area (Å²) in [5.74, 6) is 0.662. The molecule has 0 saturated heterocycles. The molecule has 0 aromatic heterocycles. The van der Waals surface area contributed by atoms with E-state index in [0.29, 0.717) is 17.9 Å². The minimum absolute atomic E-state index is 0. The Labute approximate surface area is 182 Å². The van der Waals surface area contributed by atoms with Gasteiger partial charge in [-0.15, -0.1) is 0 Å². The molecule has 29 heavy (non-hydrogen) atoms. The lowest BCUT2D eigenvalue weighted by Crippen LogP contribution is -3.00. The number of likely N-dealkylation sites (N-methyl/N-ethyl adjacent to an activating group) is 1. The predicted octanol–water partition coefficient (Wildman–Crippen LogP) is 1.63. The zero-order valence-electron chi connectivity index (χ0n) is 18.4. The van der Waals surface area contributed by atoms with E-state index in [1.165, 1.54) is 22.5 Å². The van der Waals surface area contributed by atoms with E-state index >= 15 is 0 Å². The maximum atomic E-state index is 2.37. The van der Waals surface area contributed by atoms with Gasteiger partial charge in [0, 0.05) is 57.4 Å². The Bertz CT molecular complexity index is 755. The highest BCUT2D eigenvalue weighted by molar-refractivity contribution is 5.51. The summed E-state index contributed by atoms with van der Waals surface area (Å²) in [5.41, 5.74) is 5.16. The van der Waals surface area contributed by atoms with Crippen molar-refractivity contribution in [3.05, 3.63) is 84.0 Å². The number of hydrogen-bond donors (Lipinski definition) is 0. The minimum atomic E-state index is 0. The van der Waals surface area contributed by atoms with Gasteiger partial charge in [0.15, 0.2) is 0 Å². The lowest BCUT2D eigenvalue weighted by atomic mass is 9.78. The van der Waals surface area contributed by atoms with Gasteiger partial charge in [-0.2, -0.15) is 0 Å². The quantitative estimate of drug-likeness (QED) is 0.670. The molecule has 0 amide bonds. The van der Waals surface area contributed by atoms with Crippen molar-refractivity contribution in [3.63, 3.8) is 0 Å². The van der Waals surface area contributed by atoms with Gasteiger partial charge >= 0.3 is 0 Å². The number of hydrogen-bond acceptors (Lipinski definition) is 3. The molecule has 0 N–H and O–H groups in total. The summed E-state index contributed by atoms with van der Waals surface area (Å²) in [7, 11) is 12.6. The molecule has 0 unspecified atom stereocenters. The molecule has 156 valence electrons. The summed E-state index contributed by atoms with van der Waals surface area (Å²) in [6.07, 6.45) is 9.38. The highest BCUT2D eigenvalue weighted by atomic mass is 35.5. The molecule has 3 nitrogen and oxygen atoms in total. The predicted molar refractivity (Wildman–Crippen MR) is 123 cm³/mol. The van der Waals surface area contributed by atoms with E-state index in [0.717, 1.165) is 0 Å². The van der Waals surface area contributed by atoms with Crippen molar-refractivity contribution in [1.29, 1.82) is 0 Å². The van der Waals surface area contributed by atoms with Gasteiger partial charge in [-0.25, -0.2) is 0 Å². The molecule has 0 fully saturated rings. The van der Waals surface area contributed by atoms with Gasteiger partial charge in [-0.3, -0.25) is 4.90 Å². The van der Waals surface area contributed by atoms with Crippen LogP contribution in [-0.2, 0) is 0 Å². The summed E-state index contributed by atoms with van der Waals surface area (Å²) in [6, 6.07) is 18.4. The first-order valence-electron chi connectivity index (χ1n) is 9.94. The van der Waals surface area contributed by atoms with Gasteiger partial charge in [-0.05, 0) is 49.5 Å². The third-order valence-electron chi connectivity index (χ3n) is 5.58. The first-order valence-corrected chi connectivity index (χ1v) is 9.94. The van der Waals surface area contributed by atoms with E-state index in [4.69, 9.17) is 0 Å². The fraction of sp³-hybridized carbons (Fsp3) is 0.360. The Morgan fingerprint density at radius 2 is 0.966 bits per heavy atom. The van der Waals surface area contributed by atoms with Crippen molar-refractivity contribution in [3.8, 4) is 0 Å². The van der Waals surface area contributed by atoms with Crippen molar-refractivity contribution in [2.24, 2.45) is 5.92 Å². The molecule has 0 atom stereocenters. The molecule has 1 aliphatic carbocycles. The smallest absolute Gasteiger partial charge is 0.0456 e. The molecule has 2 aromatic rings. The van der Waals surface area contributed by atoms with Gasteiger partial charge in [0.25, 0.3) is 0 Å². The standard InChI is InChI=1S/C25H33N3.ClH/c1-26(2)22-13-7-19(8-14-22)25(20-9-15-23(16-10-20)27(3)4)21-11-17-24(18-12-21)28(5)6;/h7-19,22,25H,1-6H3;1H/p-1. The second kappa shape index (κ2) is 10.00. The average molecular weight is 411 g/mol. The lowest BCUT2D eigenvalue weighted by molar-refractivity contribution is -0.00000581. The van der Waals surface area contributed by atoms with Crippen LogP contribution in [0.5, 0.6) is 0 Å². The van der Waals surface area contributed by atoms with Crippen LogP contribution in [0.4, 0.5) is 11.4 Å². The molecule has 0 radical (unpaired) electrons. The monoisotopic (exact) mass is 410 g/mol. The zero-order valence-corrected chi connectivity index (χ0v) is 19.1. The van der Waals surface area contributed by atoms with Crippen LogP contribution in [0.1, 0.15) is 17.0 Å². The number of allylic oxidation sites excluding steroid dienone is 2. The molecule has 0 heterocycles. The van der Waals surface area contributed by atoms with E-state index in [-0.39, 0.29) is 12.4 Å². The van der Waals surface area contributed by atoms with Crippen molar-refractivity contribution in [2.75, 3.05) is 52.1 Å². The third kappa shape index (κ3) is 5.43. The summed E-state index contributed by atoms with van der Waals surface area (Å²) in [4.78, 5) is 6.52. The maximum absolute atomic E-state index is 2.37. The molecule has 4 heteroatoms. The Morgan fingerprint density at radius 1 is 0.586 bits per heavy atom. The van der Waals surface area contributed by atoms with Gasteiger partial charge < -0.3 is 22.2 Å². The van der Waals surface area contributed by atoms with Crippen LogP contribution < -0.4 is 22.2 Å². The SMILES string of the molecule is CN(C)c1ccc(C(c2ccc(N(C)C)cc2)C2C=CC(N(C)C)C=C2)cc1.[Cl-]. The third-order valence-corrected chi connectivity index (χ3v) is 5.58. The second-order valence-electron chi connectivity index (χ2n) is 8.25. The zero-order chi connectivity index (χ0) is 20.3. The van der Waals surface area contributed by atoms with Crippen LogP contribution in [0, 0.1) is 5.92 Å². The number of nitrogens with zero attached hydrogens (tertiary/aromatic N) is 3. The Balaban J connectivity index is 0.00000300. The fourth-order valence-corrected chi connectivity index (χ4v) is 3.78. The van der Waals surface area contributed by atoms with Crippen molar-refractivity contribution in [2.45, 2.75) is 12.0 Å². The van der Waals surface area contributed by atoms with E-state index in [1.807, 2.05) is 0 Å². The van der Waals surface area contributed by atoms with E-state index in [1.54, 1.807) is 0 Å². The first kappa shape index (κ1) is 23.1. The number of halogens is 1. The van der Waals surface area contributed by atoms with Crippen LogP contribution in [0.2, 0.25) is 0 Å². The van der Waals surface area contributed by atoms with Gasteiger partial charge in [0.05, 0.1) is 0 Å². The van der Waals surface area contributed by atoms with Crippen molar-refractivity contribution in [1.82, 2.24) is 4.90 Å². The summed E-state index contributed by atoms with van der Waals surface area (Å²) in [6.45, 7) is 0. The minimum Gasteiger partial charge on any atom is -1.00 e. The van der Waals surface area contributed by atoms with Gasteiger partial charge in [0.2, 0.25) is 0 Å². The maximum Gasteiger partial charge on any atom is 0.0456 e.